The fourth-order valence-electron chi connectivity index (χ4n) is 1.21. The van der Waals surface area contributed by atoms with E-state index in [0.29, 0.717) is 5.28 Å². The molecular formula is C7H8ClN5. The van der Waals surface area contributed by atoms with Crippen molar-refractivity contribution in [3.63, 3.8) is 0 Å². The normalized spacial score (nSPS) is 10.7. The van der Waals surface area contributed by atoms with Gasteiger partial charge in [-0.15, -0.1) is 10.2 Å². The molecule has 2 rings (SSSR count). The zero-order valence-corrected chi connectivity index (χ0v) is 8.02. The number of aryl methyl sites for hydroxylation is 2. The topological polar surface area (TPSA) is 48.5 Å². The molecule has 0 fully saturated rings. The highest BCUT2D eigenvalue weighted by Crippen LogP contribution is 2.15. The average Bonchev–Trinajstić information content (AvgIpc) is 2.58. The summed E-state index contributed by atoms with van der Waals surface area (Å²) in [5.74, 6) is 0. The third kappa shape index (κ3) is 1.31. The van der Waals surface area contributed by atoms with Crippen LogP contribution in [0.4, 0.5) is 0 Å². The Hall–Kier alpha value is -1.36. The van der Waals surface area contributed by atoms with Gasteiger partial charge in [0.15, 0.2) is 0 Å². The second-order valence-corrected chi connectivity index (χ2v) is 3.08. The Bertz CT molecular complexity index is 430. The Kier molecular flexibility index (Phi) is 1.81. The highest BCUT2D eigenvalue weighted by atomic mass is 35.5. The quantitative estimate of drug-likeness (QED) is 0.684. The molecule has 0 unspecified atom stereocenters. The SMILES string of the molecule is Cc1nn(C)cc1-n1cnnc1Cl. The van der Waals surface area contributed by atoms with Crippen molar-refractivity contribution in [1.29, 1.82) is 0 Å². The van der Waals surface area contributed by atoms with Gasteiger partial charge >= 0.3 is 0 Å². The molecule has 2 aromatic rings. The molecule has 2 aromatic heterocycles. The highest BCUT2D eigenvalue weighted by molar-refractivity contribution is 6.28. The molecule has 0 N–H and O–H groups in total. The van der Waals surface area contributed by atoms with Crippen LogP contribution in [0, 0.1) is 6.92 Å². The molecule has 0 atom stereocenters. The van der Waals surface area contributed by atoms with Crippen LogP contribution in [0.1, 0.15) is 5.69 Å². The van der Waals surface area contributed by atoms with E-state index in [2.05, 4.69) is 15.3 Å². The molecule has 0 amide bonds. The Balaban J connectivity index is 2.58. The van der Waals surface area contributed by atoms with Gasteiger partial charge in [0.05, 0.1) is 11.4 Å². The van der Waals surface area contributed by atoms with Gasteiger partial charge in [0.1, 0.15) is 6.33 Å². The van der Waals surface area contributed by atoms with Gasteiger partial charge in [-0.3, -0.25) is 9.25 Å². The molecule has 2 heterocycles. The molecule has 0 aliphatic rings. The van der Waals surface area contributed by atoms with Crippen LogP contribution in [0.15, 0.2) is 12.5 Å². The molecule has 0 aliphatic heterocycles. The van der Waals surface area contributed by atoms with E-state index >= 15 is 0 Å². The first-order valence-corrected chi connectivity index (χ1v) is 4.12. The molecule has 0 aliphatic carbocycles. The first-order valence-electron chi connectivity index (χ1n) is 3.74. The van der Waals surface area contributed by atoms with Gasteiger partial charge in [0.25, 0.3) is 0 Å². The van der Waals surface area contributed by atoms with Crippen LogP contribution in [0.3, 0.4) is 0 Å². The summed E-state index contributed by atoms with van der Waals surface area (Å²) in [7, 11) is 1.86. The molecule has 13 heavy (non-hydrogen) atoms. The lowest BCUT2D eigenvalue weighted by molar-refractivity contribution is 0.756. The summed E-state index contributed by atoms with van der Waals surface area (Å²) in [5, 5.41) is 11.9. The van der Waals surface area contributed by atoms with Gasteiger partial charge < -0.3 is 0 Å². The van der Waals surface area contributed by atoms with Crippen LogP contribution < -0.4 is 0 Å². The van der Waals surface area contributed by atoms with E-state index in [0.717, 1.165) is 11.4 Å². The van der Waals surface area contributed by atoms with Gasteiger partial charge in [0.2, 0.25) is 5.28 Å². The lowest BCUT2D eigenvalue weighted by Gasteiger charge is -1.97. The molecule has 0 saturated heterocycles. The predicted molar refractivity (Wildman–Crippen MR) is 47.9 cm³/mol. The van der Waals surface area contributed by atoms with E-state index in [1.165, 1.54) is 0 Å². The number of halogens is 1. The smallest absolute Gasteiger partial charge is 0.229 e. The van der Waals surface area contributed by atoms with Gasteiger partial charge in [-0.05, 0) is 18.5 Å². The maximum absolute atomic E-state index is 5.81. The van der Waals surface area contributed by atoms with Crippen molar-refractivity contribution in [2.75, 3.05) is 0 Å². The number of rotatable bonds is 1. The maximum Gasteiger partial charge on any atom is 0.229 e. The van der Waals surface area contributed by atoms with Crippen molar-refractivity contribution >= 4 is 11.6 Å². The summed E-state index contributed by atoms with van der Waals surface area (Å²) >= 11 is 5.81. The summed E-state index contributed by atoms with van der Waals surface area (Å²) in [4.78, 5) is 0. The third-order valence-corrected chi connectivity index (χ3v) is 2.01. The van der Waals surface area contributed by atoms with Crippen molar-refractivity contribution in [2.24, 2.45) is 7.05 Å². The van der Waals surface area contributed by atoms with E-state index in [9.17, 15) is 0 Å². The van der Waals surface area contributed by atoms with Crippen LogP contribution in [0.2, 0.25) is 5.28 Å². The van der Waals surface area contributed by atoms with Gasteiger partial charge in [0, 0.05) is 13.2 Å². The van der Waals surface area contributed by atoms with Crippen molar-refractivity contribution in [1.82, 2.24) is 24.5 Å². The van der Waals surface area contributed by atoms with Crippen LogP contribution in [0.5, 0.6) is 0 Å². The van der Waals surface area contributed by atoms with Crippen molar-refractivity contribution < 1.29 is 0 Å². The zero-order chi connectivity index (χ0) is 9.42. The Morgan fingerprint density at radius 2 is 2.23 bits per heavy atom. The van der Waals surface area contributed by atoms with E-state index in [1.54, 1.807) is 15.6 Å². The molecule has 0 spiro atoms. The Morgan fingerprint density at radius 1 is 1.46 bits per heavy atom. The molecule has 68 valence electrons. The van der Waals surface area contributed by atoms with Gasteiger partial charge in [-0.25, -0.2) is 0 Å². The largest absolute Gasteiger partial charge is 0.273 e. The summed E-state index contributed by atoms with van der Waals surface area (Å²) < 4.78 is 3.41. The Labute approximate surface area is 80.0 Å². The Morgan fingerprint density at radius 3 is 2.69 bits per heavy atom. The minimum Gasteiger partial charge on any atom is -0.273 e. The first-order chi connectivity index (χ1) is 6.18. The van der Waals surface area contributed by atoms with Crippen LogP contribution in [-0.4, -0.2) is 24.5 Å². The number of hydrogen-bond donors (Lipinski definition) is 0. The molecule has 0 saturated carbocycles. The molecular weight excluding hydrogens is 190 g/mol. The second-order valence-electron chi connectivity index (χ2n) is 2.74. The summed E-state index contributed by atoms with van der Waals surface area (Å²) in [6, 6.07) is 0. The fraction of sp³-hybridized carbons (Fsp3) is 0.286. The number of hydrogen-bond acceptors (Lipinski definition) is 3. The molecule has 0 bridgehead atoms. The van der Waals surface area contributed by atoms with Crippen molar-refractivity contribution in [3.05, 3.63) is 23.5 Å². The highest BCUT2D eigenvalue weighted by Gasteiger charge is 2.08. The summed E-state index contributed by atoms with van der Waals surface area (Å²) in [6.07, 6.45) is 3.43. The molecule has 0 aromatic carbocycles. The van der Waals surface area contributed by atoms with Crippen molar-refractivity contribution in [2.45, 2.75) is 6.92 Å². The fourth-order valence-corrected chi connectivity index (χ4v) is 1.38. The van der Waals surface area contributed by atoms with E-state index < -0.39 is 0 Å². The van der Waals surface area contributed by atoms with Crippen molar-refractivity contribution in [3.8, 4) is 5.69 Å². The maximum atomic E-state index is 5.81. The number of aromatic nitrogens is 5. The van der Waals surface area contributed by atoms with E-state index in [4.69, 9.17) is 11.6 Å². The average molecular weight is 198 g/mol. The molecule has 6 heteroatoms. The van der Waals surface area contributed by atoms with Crippen LogP contribution in [0.25, 0.3) is 5.69 Å². The standard InChI is InChI=1S/C7H8ClN5/c1-5-6(3-12(2)11-5)13-4-9-10-7(13)8/h3-4H,1-2H3. The third-order valence-electron chi connectivity index (χ3n) is 1.75. The lowest BCUT2D eigenvalue weighted by atomic mass is 10.4. The van der Waals surface area contributed by atoms with Gasteiger partial charge in [-0.2, -0.15) is 5.10 Å². The summed E-state index contributed by atoms with van der Waals surface area (Å²) in [5.41, 5.74) is 1.79. The molecule has 5 nitrogen and oxygen atoms in total. The van der Waals surface area contributed by atoms with Crippen LogP contribution in [-0.2, 0) is 7.05 Å². The minimum absolute atomic E-state index is 0.344. The second kappa shape index (κ2) is 2.85. The van der Waals surface area contributed by atoms with E-state index in [1.807, 2.05) is 20.2 Å². The zero-order valence-electron chi connectivity index (χ0n) is 7.27. The first kappa shape index (κ1) is 8.25. The number of nitrogens with zero attached hydrogens (tertiary/aromatic N) is 5. The van der Waals surface area contributed by atoms with Crippen LogP contribution >= 0.6 is 11.6 Å². The molecule has 0 radical (unpaired) electrons. The monoisotopic (exact) mass is 197 g/mol. The minimum atomic E-state index is 0.344. The van der Waals surface area contributed by atoms with Gasteiger partial charge in [-0.1, -0.05) is 0 Å². The summed E-state index contributed by atoms with van der Waals surface area (Å²) in [6.45, 7) is 1.91. The lowest BCUT2D eigenvalue weighted by Crippen LogP contribution is -1.92. The predicted octanol–water partition coefficient (Wildman–Crippen LogP) is 0.963. The van der Waals surface area contributed by atoms with E-state index in [-0.39, 0.29) is 0 Å².